The number of halogens is 1. The average Bonchev–Trinajstić information content (AvgIpc) is 2.35. The Bertz CT molecular complexity index is 499. The molecule has 0 aliphatic carbocycles. The van der Waals surface area contributed by atoms with Crippen molar-refractivity contribution in [3.63, 3.8) is 0 Å². The number of aromatic nitrogens is 2. The molecule has 88 valence electrons. The highest BCUT2D eigenvalue weighted by molar-refractivity contribution is 9.10. The smallest absolute Gasteiger partial charge is 0.126 e. The first-order valence-corrected chi connectivity index (χ1v) is 6.25. The largest absolute Gasteiger partial charge is 0.364 e. The molecular formula is C13H14BrN3. The van der Waals surface area contributed by atoms with Gasteiger partial charge in [0.05, 0.1) is 11.7 Å². The Hall–Kier alpha value is -1.42. The third-order valence-electron chi connectivity index (χ3n) is 2.59. The van der Waals surface area contributed by atoms with Gasteiger partial charge in [0.2, 0.25) is 0 Å². The topological polar surface area (TPSA) is 37.8 Å². The predicted molar refractivity (Wildman–Crippen MR) is 72.9 cm³/mol. The van der Waals surface area contributed by atoms with Crippen molar-refractivity contribution in [2.24, 2.45) is 0 Å². The molecule has 0 radical (unpaired) electrons. The molecule has 0 saturated heterocycles. The lowest BCUT2D eigenvalue weighted by atomic mass is 10.1. The van der Waals surface area contributed by atoms with Crippen LogP contribution >= 0.6 is 15.9 Å². The summed E-state index contributed by atoms with van der Waals surface area (Å²) in [5, 5.41) is 3.37. The first kappa shape index (κ1) is 12.0. The van der Waals surface area contributed by atoms with Gasteiger partial charge in [0, 0.05) is 16.9 Å². The summed E-state index contributed by atoms with van der Waals surface area (Å²) in [5.41, 5.74) is 2.18. The van der Waals surface area contributed by atoms with Gasteiger partial charge < -0.3 is 5.32 Å². The van der Waals surface area contributed by atoms with E-state index in [2.05, 4.69) is 38.1 Å². The molecule has 0 spiro atoms. The number of nitrogens with zero attached hydrogens (tertiary/aromatic N) is 2. The molecule has 2 heterocycles. The van der Waals surface area contributed by atoms with Crippen LogP contribution in [0, 0.1) is 6.92 Å². The standard InChI is InChI=1S/C13H14BrN3/c1-9(11-5-7-15-8-6-11)16-13-4-3-12(14)10(2)17-13/h3-9H,1-2H3,(H,16,17). The normalized spacial score (nSPS) is 12.2. The molecule has 0 amide bonds. The number of pyridine rings is 2. The minimum absolute atomic E-state index is 0.214. The Morgan fingerprint density at radius 1 is 1.18 bits per heavy atom. The van der Waals surface area contributed by atoms with E-state index in [4.69, 9.17) is 0 Å². The molecule has 0 saturated carbocycles. The third kappa shape index (κ3) is 3.03. The van der Waals surface area contributed by atoms with Gasteiger partial charge >= 0.3 is 0 Å². The van der Waals surface area contributed by atoms with Crippen LogP contribution in [0.25, 0.3) is 0 Å². The molecular weight excluding hydrogens is 278 g/mol. The second-order valence-corrected chi connectivity index (χ2v) is 4.76. The fraction of sp³-hybridized carbons (Fsp3) is 0.231. The Balaban J connectivity index is 2.13. The number of nitrogens with one attached hydrogen (secondary N) is 1. The van der Waals surface area contributed by atoms with Crippen molar-refractivity contribution in [2.45, 2.75) is 19.9 Å². The van der Waals surface area contributed by atoms with Crippen molar-refractivity contribution in [2.75, 3.05) is 5.32 Å². The molecule has 0 aliphatic rings. The molecule has 1 unspecified atom stereocenters. The van der Waals surface area contributed by atoms with Gasteiger partial charge in [-0.3, -0.25) is 4.98 Å². The quantitative estimate of drug-likeness (QED) is 0.937. The third-order valence-corrected chi connectivity index (χ3v) is 3.43. The van der Waals surface area contributed by atoms with Crippen LogP contribution in [0.5, 0.6) is 0 Å². The maximum Gasteiger partial charge on any atom is 0.126 e. The summed E-state index contributed by atoms with van der Waals surface area (Å²) in [5.74, 6) is 0.884. The molecule has 0 bridgehead atoms. The van der Waals surface area contributed by atoms with Gasteiger partial charge in [-0.2, -0.15) is 0 Å². The van der Waals surface area contributed by atoms with Gasteiger partial charge in [-0.1, -0.05) is 0 Å². The van der Waals surface area contributed by atoms with E-state index in [0.717, 1.165) is 16.0 Å². The van der Waals surface area contributed by atoms with Gasteiger partial charge in [0.25, 0.3) is 0 Å². The Kier molecular flexibility index (Phi) is 3.74. The van der Waals surface area contributed by atoms with Crippen LogP contribution in [0.3, 0.4) is 0 Å². The maximum atomic E-state index is 4.46. The monoisotopic (exact) mass is 291 g/mol. The van der Waals surface area contributed by atoms with Crippen LogP contribution in [0.2, 0.25) is 0 Å². The summed E-state index contributed by atoms with van der Waals surface area (Å²) in [6.45, 7) is 4.08. The van der Waals surface area contributed by atoms with E-state index in [9.17, 15) is 0 Å². The van der Waals surface area contributed by atoms with Crippen LogP contribution < -0.4 is 5.32 Å². The van der Waals surface area contributed by atoms with Crippen molar-refractivity contribution in [3.05, 3.63) is 52.4 Å². The molecule has 0 aromatic carbocycles. The SMILES string of the molecule is Cc1nc(NC(C)c2ccncc2)ccc1Br. The number of rotatable bonds is 3. The minimum Gasteiger partial charge on any atom is -0.364 e. The first-order chi connectivity index (χ1) is 8.16. The second kappa shape index (κ2) is 5.27. The molecule has 2 aromatic heterocycles. The van der Waals surface area contributed by atoms with E-state index in [1.165, 1.54) is 5.56 Å². The highest BCUT2D eigenvalue weighted by Gasteiger charge is 2.06. The van der Waals surface area contributed by atoms with Gasteiger partial charge in [-0.15, -0.1) is 0 Å². The zero-order valence-electron chi connectivity index (χ0n) is 9.81. The molecule has 3 nitrogen and oxygen atoms in total. The van der Waals surface area contributed by atoms with Crippen molar-refractivity contribution in [3.8, 4) is 0 Å². The van der Waals surface area contributed by atoms with Crippen LogP contribution in [0.1, 0.15) is 24.2 Å². The Morgan fingerprint density at radius 2 is 1.88 bits per heavy atom. The molecule has 1 atom stereocenters. The van der Waals surface area contributed by atoms with Crippen molar-refractivity contribution >= 4 is 21.7 Å². The van der Waals surface area contributed by atoms with Gasteiger partial charge in [-0.25, -0.2) is 4.98 Å². The van der Waals surface area contributed by atoms with E-state index in [0.29, 0.717) is 0 Å². The van der Waals surface area contributed by atoms with Gasteiger partial charge in [0.15, 0.2) is 0 Å². The maximum absolute atomic E-state index is 4.46. The van der Waals surface area contributed by atoms with Crippen LogP contribution in [0.15, 0.2) is 41.1 Å². The summed E-state index contributed by atoms with van der Waals surface area (Å²) in [4.78, 5) is 8.48. The minimum atomic E-state index is 0.214. The van der Waals surface area contributed by atoms with Crippen LogP contribution in [-0.4, -0.2) is 9.97 Å². The fourth-order valence-electron chi connectivity index (χ4n) is 1.58. The zero-order chi connectivity index (χ0) is 12.3. The predicted octanol–water partition coefficient (Wildman–Crippen LogP) is 3.72. The van der Waals surface area contributed by atoms with Gasteiger partial charge in [0.1, 0.15) is 5.82 Å². The molecule has 0 fully saturated rings. The zero-order valence-corrected chi connectivity index (χ0v) is 11.4. The van der Waals surface area contributed by atoms with Crippen molar-refractivity contribution in [1.82, 2.24) is 9.97 Å². The van der Waals surface area contributed by atoms with E-state index >= 15 is 0 Å². The summed E-state index contributed by atoms with van der Waals surface area (Å²) < 4.78 is 1.03. The summed E-state index contributed by atoms with van der Waals surface area (Å²) in [6.07, 6.45) is 3.60. The molecule has 2 aromatic rings. The first-order valence-electron chi connectivity index (χ1n) is 5.46. The van der Waals surface area contributed by atoms with Crippen molar-refractivity contribution in [1.29, 1.82) is 0 Å². The lowest BCUT2D eigenvalue weighted by Gasteiger charge is -2.15. The van der Waals surface area contributed by atoms with Crippen LogP contribution in [0.4, 0.5) is 5.82 Å². The average molecular weight is 292 g/mol. The van der Waals surface area contributed by atoms with E-state index < -0.39 is 0 Å². The Morgan fingerprint density at radius 3 is 2.53 bits per heavy atom. The highest BCUT2D eigenvalue weighted by atomic mass is 79.9. The second-order valence-electron chi connectivity index (χ2n) is 3.91. The summed E-state index contributed by atoms with van der Waals surface area (Å²) >= 11 is 3.44. The highest BCUT2D eigenvalue weighted by Crippen LogP contribution is 2.20. The van der Waals surface area contributed by atoms with Crippen LogP contribution in [-0.2, 0) is 0 Å². The van der Waals surface area contributed by atoms with E-state index in [1.54, 1.807) is 12.4 Å². The number of aryl methyl sites for hydroxylation is 1. The molecule has 17 heavy (non-hydrogen) atoms. The lowest BCUT2D eigenvalue weighted by Crippen LogP contribution is -2.08. The molecule has 2 rings (SSSR count). The van der Waals surface area contributed by atoms with Crippen molar-refractivity contribution < 1.29 is 0 Å². The van der Waals surface area contributed by atoms with Gasteiger partial charge in [-0.05, 0) is 59.6 Å². The summed E-state index contributed by atoms with van der Waals surface area (Å²) in [7, 11) is 0. The Labute approximate surface area is 109 Å². The van der Waals surface area contributed by atoms with E-state index in [-0.39, 0.29) is 6.04 Å². The molecule has 0 aliphatic heterocycles. The number of hydrogen-bond donors (Lipinski definition) is 1. The lowest BCUT2D eigenvalue weighted by molar-refractivity contribution is 0.868. The summed E-state index contributed by atoms with van der Waals surface area (Å²) in [6, 6.07) is 8.19. The number of hydrogen-bond acceptors (Lipinski definition) is 3. The molecule has 4 heteroatoms. The number of anilines is 1. The van der Waals surface area contributed by atoms with E-state index in [1.807, 2.05) is 31.2 Å². The fourth-order valence-corrected chi connectivity index (χ4v) is 1.80. The molecule has 1 N–H and O–H groups in total.